The molecule has 0 N–H and O–H groups in total. The third-order valence-electron chi connectivity index (χ3n) is 3.28. The smallest absolute Gasteiger partial charge is 0.257 e. The van der Waals surface area contributed by atoms with Gasteiger partial charge >= 0.3 is 51.4 Å². The largest absolute Gasteiger partial charge is 1.00 e. The zero-order valence-corrected chi connectivity index (χ0v) is 17.3. The van der Waals surface area contributed by atoms with E-state index in [4.69, 9.17) is 10.5 Å². The van der Waals surface area contributed by atoms with Gasteiger partial charge in [0.05, 0.1) is 9.84 Å². The topological polar surface area (TPSA) is 81.7 Å². The van der Waals surface area contributed by atoms with Crippen molar-refractivity contribution in [3.05, 3.63) is 5.25 Å². The molecule has 0 aliphatic heterocycles. The molecule has 0 aliphatic carbocycles. The predicted molar refractivity (Wildman–Crippen MR) is 80.1 cm³/mol. The van der Waals surface area contributed by atoms with Crippen LogP contribution < -0.4 is 51.4 Å². The van der Waals surface area contributed by atoms with Crippen LogP contribution in [0, 0.1) is 27.9 Å². The molecule has 0 unspecified atom stereocenters. The Labute approximate surface area is 172 Å². The van der Waals surface area contributed by atoms with Crippen molar-refractivity contribution in [3.8, 4) is 12.1 Å². The molecular weight excluding hydrogens is 311 g/mol. The van der Waals surface area contributed by atoms with Crippen molar-refractivity contribution in [1.29, 1.82) is 10.5 Å². The summed E-state index contributed by atoms with van der Waals surface area (Å²) in [4.78, 5) is 0. The summed E-state index contributed by atoms with van der Waals surface area (Å²) in [6.07, 6.45) is 11.2. The summed E-state index contributed by atoms with van der Waals surface area (Å²) in [5, 5.41) is 16.4. The molecule has 0 bridgehead atoms. The molecule has 21 heavy (non-hydrogen) atoms. The summed E-state index contributed by atoms with van der Waals surface area (Å²) in [5.41, 5.74) is 0. The summed E-state index contributed by atoms with van der Waals surface area (Å²) in [6, 6.07) is 2.89. The number of hydrogen-bond acceptors (Lipinski definition) is 4. The molecule has 0 rings (SSSR count). The molecular formula is C15H25KN2O2S. The fourth-order valence-electron chi connectivity index (χ4n) is 2.05. The van der Waals surface area contributed by atoms with Crippen molar-refractivity contribution >= 4 is 9.84 Å². The van der Waals surface area contributed by atoms with Crippen LogP contribution in [0.25, 0.3) is 0 Å². The van der Waals surface area contributed by atoms with Crippen molar-refractivity contribution < 1.29 is 59.8 Å². The Balaban J connectivity index is 0. The van der Waals surface area contributed by atoms with Gasteiger partial charge in [0.2, 0.25) is 0 Å². The van der Waals surface area contributed by atoms with Crippen molar-refractivity contribution in [1.82, 2.24) is 0 Å². The average molecular weight is 337 g/mol. The Morgan fingerprint density at radius 3 is 1.57 bits per heavy atom. The molecule has 114 valence electrons. The Kier molecular flexibility index (Phi) is 17.3. The average Bonchev–Trinajstić information content (AvgIpc) is 2.42. The van der Waals surface area contributed by atoms with Crippen LogP contribution >= 0.6 is 0 Å². The molecule has 0 saturated heterocycles. The van der Waals surface area contributed by atoms with E-state index in [1.807, 2.05) is 0 Å². The van der Waals surface area contributed by atoms with Crippen LogP contribution in [0.3, 0.4) is 0 Å². The summed E-state index contributed by atoms with van der Waals surface area (Å²) < 4.78 is 23.1. The van der Waals surface area contributed by atoms with Crippen LogP contribution in [0.15, 0.2) is 0 Å². The number of sulfone groups is 1. The summed E-state index contributed by atoms with van der Waals surface area (Å²) in [5.74, 6) is -0.0834. The number of nitriles is 2. The van der Waals surface area contributed by atoms with Gasteiger partial charge in [0.15, 0.2) is 0 Å². The summed E-state index contributed by atoms with van der Waals surface area (Å²) in [7, 11) is -3.64. The van der Waals surface area contributed by atoms with Crippen LogP contribution in [0.2, 0.25) is 0 Å². The minimum Gasteiger partial charge on any atom is -0.257 e. The fraction of sp³-hybridized carbons (Fsp3) is 0.800. The SMILES string of the molecule is CCCCCCCCCCCCS(=O)(=O)[C-](C#N)C#N.[K+]. The zero-order chi connectivity index (χ0) is 15.3. The predicted octanol–water partition coefficient (Wildman–Crippen LogP) is 0.905. The first-order valence-electron chi connectivity index (χ1n) is 7.48. The van der Waals surface area contributed by atoms with E-state index in [1.54, 1.807) is 0 Å². The van der Waals surface area contributed by atoms with E-state index < -0.39 is 15.1 Å². The van der Waals surface area contributed by atoms with Crippen molar-refractivity contribution in [2.24, 2.45) is 0 Å². The molecule has 0 heterocycles. The van der Waals surface area contributed by atoms with Gasteiger partial charge in [0.25, 0.3) is 0 Å². The zero-order valence-electron chi connectivity index (χ0n) is 13.4. The molecule has 0 spiro atoms. The second-order valence-corrected chi connectivity index (χ2v) is 7.10. The third kappa shape index (κ3) is 12.6. The summed E-state index contributed by atoms with van der Waals surface area (Å²) in [6.45, 7) is 2.20. The Morgan fingerprint density at radius 1 is 0.810 bits per heavy atom. The molecule has 6 heteroatoms. The van der Waals surface area contributed by atoms with Gasteiger partial charge in [-0.25, -0.2) is 10.5 Å². The first-order chi connectivity index (χ1) is 9.58. The van der Waals surface area contributed by atoms with E-state index in [0.29, 0.717) is 6.42 Å². The van der Waals surface area contributed by atoms with Crippen molar-refractivity contribution in [2.75, 3.05) is 5.75 Å². The van der Waals surface area contributed by atoms with Crippen LogP contribution in [0.5, 0.6) is 0 Å². The van der Waals surface area contributed by atoms with E-state index in [9.17, 15) is 8.42 Å². The van der Waals surface area contributed by atoms with Crippen molar-refractivity contribution in [3.63, 3.8) is 0 Å². The van der Waals surface area contributed by atoms with E-state index >= 15 is 0 Å². The van der Waals surface area contributed by atoms with Gasteiger partial charge in [-0.05, 0) is 6.42 Å². The molecule has 0 saturated carbocycles. The molecule has 4 nitrogen and oxygen atoms in total. The first kappa shape index (κ1) is 23.7. The quantitative estimate of drug-likeness (QED) is 0.301. The van der Waals surface area contributed by atoms with Gasteiger partial charge in [0.1, 0.15) is 0 Å². The molecule has 0 fully saturated rings. The number of rotatable bonds is 12. The molecule has 0 amide bonds. The van der Waals surface area contributed by atoms with E-state index in [1.165, 1.54) is 50.7 Å². The van der Waals surface area contributed by atoms with Gasteiger partial charge < -0.3 is 0 Å². The van der Waals surface area contributed by atoms with Gasteiger partial charge in [-0.15, -0.1) is 0 Å². The Bertz CT molecular complexity index is 410. The number of hydrogen-bond donors (Lipinski definition) is 0. The number of unbranched alkanes of at least 4 members (excludes halogenated alkanes) is 9. The molecule has 0 aromatic heterocycles. The molecule has 0 aliphatic rings. The molecule has 0 aromatic carbocycles. The third-order valence-corrected chi connectivity index (χ3v) is 4.91. The van der Waals surface area contributed by atoms with Gasteiger partial charge in [-0.2, -0.15) is 0 Å². The first-order valence-corrected chi connectivity index (χ1v) is 9.13. The monoisotopic (exact) mass is 336 g/mol. The van der Waals surface area contributed by atoms with Crippen LogP contribution in [-0.4, -0.2) is 14.2 Å². The summed E-state index contributed by atoms with van der Waals surface area (Å²) >= 11 is 0. The fourth-order valence-corrected chi connectivity index (χ4v) is 3.11. The van der Waals surface area contributed by atoms with E-state index in [2.05, 4.69) is 6.92 Å². The van der Waals surface area contributed by atoms with Gasteiger partial charge in [0, 0.05) is 5.75 Å². The minimum atomic E-state index is -3.64. The maximum Gasteiger partial charge on any atom is 1.00 e. The minimum absolute atomic E-state index is 0. The van der Waals surface area contributed by atoms with Gasteiger partial charge in [-0.1, -0.05) is 82.1 Å². The van der Waals surface area contributed by atoms with Crippen molar-refractivity contribution in [2.45, 2.75) is 71.1 Å². The maximum absolute atomic E-state index is 11.5. The second kappa shape index (κ2) is 15.3. The Morgan fingerprint density at radius 2 is 1.19 bits per heavy atom. The molecule has 0 atom stereocenters. The number of nitrogens with zero attached hydrogens (tertiary/aromatic N) is 2. The van der Waals surface area contributed by atoms with Gasteiger partial charge in [-0.3, -0.25) is 8.42 Å². The van der Waals surface area contributed by atoms with E-state index in [-0.39, 0.29) is 57.1 Å². The molecule has 0 aromatic rings. The van der Waals surface area contributed by atoms with Crippen LogP contribution in [0.4, 0.5) is 0 Å². The normalized spacial score (nSPS) is 10.2. The van der Waals surface area contributed by atoms with Crippen LogP contribution in [0.1, 0.15) is 71.1 Å². The van der Waals surface area contributed by atoms with E-state index in [0.717, 1.165) is 19.3 Å². The second-order valence-electron chi connectivity index (χ2n) is 5.05. The maximum atomic E-state index is 11.5. The Hall–Kier alpha value is 0.436. The molecule has 0 radical (unpaired) electrons. The van der Waals surface area contributed by atoms with Crippen LogP contribution in [-0.2, 0) is 9.84 Å². The standard InChI is InChI=1S/C15H25N2O2S.K/c1-2-3-4-5-6-7-8-9-10-11-12-20(18,19)15(13-16)14-17;/h2-12H2,1H3;/q-1;+1.